The maximum Gasteiger partial charge on any atom is 0.137 e. The molecular weight excluding hydrogens is 361 g/mol. The summed E-state index contributed by atoms with van der Waals surface area (Å²) in [6.07, 6.45) is 5.72. The number of imidazole rings is 1. The molecule has 0 saturated heterocycles. The van der Waals surface area contributed by atoms with Crippen LogP contribution in [0.2, 0.25) is 0 Å². The molecule has 3 aromatic heterocycles. The second-order valence-corrected chi connectivity index (χ2v) is 6.43. The molecule has 0 spiro atoms. The van der Waals surface area contributed by atoms with Crippen molar-refractivity contribution in [2.45, 2.75) is 10.8 Å². The van der Waals surface area contributed by atoms with Crippen LogP contribution in [0.1, 0.15) is 22.2 Å². The first-order valence-electron chi connectivity index (χ1n) is 6.40. The quantitative estimate of drug-likeness (QED) is 0.497. The molecule has 0 aliphatic heterocycles. The Labute approximate surface area is 131 Å². The van der Waals surface area contributed by atoms with Gasteiger partial charge in [0.1, 0.15) is 5.65 Å². The molecule has 0 amide bonds. The summed E-state index contributed by atoms with van der Waals surface area (Å²) in [5, 5.41) is 0. The number of fused-ring (bicyclic) bond motifs is 1. The minimum absolute atomic E-state index is 0.404. The predicted molar refractivity (Wildman–Crippen MR) is 90.9 cm³/mol. The van der Waals surface area contributed by atoms with Gasteiger partial charge in [0.25, 0.3) is 0 Å². The molecule has 1 atom stereocenters. The number of rotatable bonds is 3. The predicted octanol–water partition coefficient (Wildman–Crippen LogP) is 4.54. The highest BCUT2D eigenvalue weighted by Crippen LogP contribution is 2.27. The van der Waals surface area contributed by atoms with E-state index in [1.807, 2.05) is 41.1 Å². The van der Waals surface area contributed by atoms with E-state index in [4.69, 9.17) is 0 Å². The van der Waals surface area contributed by atoms with E-state index in [9.17, 15) is 0 Å². The fraction of sp³-hybridized carbons (Fsp3) is 0.125. The van der Waals surface area contributed by atoms with Crippen molar-refractivity contribution in [1.82, 2.24) is 14.4 Å². The fourth-order valence-corrected chi connectivity index (χ4v) is 2.57. The van der Waals surface area contributed by atoms with Gasteiger partial charge in [-0.15, -0.1) is 0 Å². The fourth-order valence-electron chi connectivity index (χ4n) is 2.20. The number of aromatic nitrogens is 3. The second kappa shape index (κ2) is 5.36. The standard InChI is InChI=1S/C16H14IN3/c1-3-14-16(19-15-6-4-5-9-20(14)15)12-7-8-13(11(2)17)18-10-12/h3-11H,1H2,2H3. The van der Waals surface area contributed by atoms with Gasteiger partial charge in [-0.05, 0) is 37.3 Å². The van der Waals surface area contributed by atoms with Gasteiger partial charge in [0.2, 0.25) is 0 Å². The molecule has 0 radical (unpaired) electrons. The molecule has 20 heavy (non-hydrogen) atoms. The Kier molecular flexibility index (Phi) is 3.56. The highest BCUT2D eigenvalue weighted by molar-refractivity contribution is 14.1. The Hall–Kier alpha value is -1.69. The van der Waals surface area contributed by atoms with Crippen molar-refractivity contribution >= 4 is 34.3 Å². The maximum atomic E-state index is 4.68. The van der Waals surface area contributed by atoms with E-state index in [0.29, 0.717) is 3.92 Å². The second-order valence-electron chi connectivity index (χ2n) is 4.57. The van der Waals surface area contributed by atoms with Gasteiger partial charge in [-0.3, -0.25) is 9.38 Å². The average Bonchev–Trinajstić information content (AvgIpc) is 2.85. The number of halogens is 1. The molecular formula is C16H14IN3. The zero-order valence-corrected chi connectivity index (χ0v) is 13.3. The molecule has 0 aromatic carbocycles. The lowest BCUT2D eigenvalue weighted by Gasteiger charge is -2.04. The van der Waals surface area contributed by atoms with Crippen molar-refractivity contribution in [3.8, 4) is 11.3 Å². The molecule has 0 aliphatic carbocycles. The molecule has 3 aromatic rings. The van der Waals surface area contributed by atoms with Gasteiger partial charge in [0.05, 0.1) is 21.0 Å². The molecule has 0 fully saturated rings. The molecule has 3 rings (SSSR count). The van der Waals surface area contributed by atoms with Crippen molar-refractivity contribution in [3.63, 3.8) is 0 Å². The first kappa shape index (κ1) is 13.3. The molecule has 0 aliphatic rings. The van der Waals surface area contributed by atoms with Gasteiger partial charge in [-0.2, -0.15) is 0 Å². The first-order chi connectivity index (χ1) is 9.70. The maximum absolute atomic E-state index is 4.68. The summed E-state index contributed by atoms with van der Waals surface area (Å²) in [7, 11) is 0. The highest BCUT2D eigenvalue weighted by Gasteiger charge is 2.12. The van der Waals surface area contributed by atoms with Crippen LogP contribution in [0.15, 0.2) is 49.3 Å². The van der Waals surface area contributed by atoms with Crippen molar-refractivity contribution < 1.29 is 0 Å². The van der Waals surface area contributed by atoms with E-state index in [1.165, 1.54) is 0 Å². The van der Waals surface area contributed by atoms with Crippen LogP contribution in [0.5, 0.6) is 0 Å². The minimum Gasteiger partial charge on any atom is -0.300 e. The Morgan fingerprint density at radius 1 is 1.30 bits per heavy atom. The summed E-state index contributed by atoms with van der Waals surface area (Å²) in [5.41, 5.74) is 4.94. The van der Waals surface area contributed by atoms with Gasteiger partial charge >= 0.3 is 0 Å². The van der Waals surface area contributed by atoms with Crippen LogP contribution in [0.25, 0.3) is 23.0 Å². The summed E-state index contributed by atoms with van der Waals surface area (Å²) in [5.74, 6) is 0. The SMILES string of the molecule is C=Cc1c(-c2ccc(C(C)I)nc2)nc2ccccn12. The zero-order chi connectivity index (χ0) is 14.1. The number of nitrogens with zero attached hydrogens (tertiary/aromatic N) is 3. The van der Waals surface area contributed by atoms with Crippen LogP contribution in [0.3, 0.4) is 0 Å². The van der Waals surface area contributed by atoms with E-state index in [2.05, 4.69) is 58.2 Å². The summed E-state index contributed by atoms with van der Waals surface area (Å²) < 4.78 is 2.44. The molecule has 3 nitrogen and oxygen atoms in total. The lowest BCUT2D eigenvalue weighted by Crippen LogP contribution is -1.91. The van der Waals surface area contributed by atoms with Crippen molar-refractivity contribution in [2.75, 3.05) is 0 Å². The average molecular weight is 375 g/mol. The van der Waals surface area contributed by atoms with Crippen LogP contribution in [-0.4, -0.2) is 14.4 Å². The third kappa shape index (κ3) is 2.24. The number of pyridine rings is 2. The molecule has 0 N–H and O–H groups in total. The topological polar surface area (TPSA) is 30.2 Å². The minimum atomic E-state index is 0.404. The lowest BCUT2D eigenvalue weighted by molar-refractivity contribution is 1.04. The molecule has 1 unspecified atom stereocenters. The lowest BCUT2D eigenvalue weighted by atomic mass is 10.1. The van der Waals surface area contributed by atoms with Crippen molar-refractivity contribution in [3.05, 3.63) is 60.7 Å². The van der Waals surface area contributed by atoms with Gasteiger partial charge in [0.15, 0.2) is 0 Å². The van der Waals surface area contributed by atoms with Gasteiger partial charge < -0.3 is 0 Å². The summed E-state index contributed by atoms with van der Waals surface area (Å²) in [6.45, 7) is 6.03. The Bertz CT molecular complexity index is 757. The van der Waals surface area contributed by atoms with Crippen LogP contribution < -0.4 is 0 Å². The highest BCUT2D eigenvalue weighted by atomic mass is 127. The molecule has 100 valence electrons. The van der Waals surface area contributed by atoms with Gasteiger partial charge in [-0.1, -0.05) is 35.2 Å². The van der Waals surface area contributed by atoms with E-state index in [0.717, 1.165) is 28.3 Å². The monoisotopic (exact) mass is 375 g/mol. The van der Waals surface area contributed by atoms with Gasteiger partial charge in [-0.25, -0.2) is 4.98 Å². The van der Waals surface area contributed by atoms with Crippen molar-refractivity contribution in [1.29, 1.82) is 0 Å². The third-order valence-corrected chi connectivity index (χ3v) is 3.87. The van der Waals surface area contributed by atoms with Crippen LogP contribution in [0.4, 0.5) is 0 Å². The van der Waals surface area contributed by atoms with E-state index >= 15 is 0 Å². The molecule has 0 bridgehead atoms. The van der Waals surface area contributed by atoms with Crippen LogP contribution >= 0.6 is 22.6 Å². The number of hydrogen-bond acceptors (Lipinski definition) is 2. The molecule has 3 heterocycles. The van der Waals surface area contributed by atoms with Crippen molar-refractivity contribution in [2.24, 2.45) is 0 Å². The number of hydrogen-bond donors (Lipinski definition) is 0. The molecule has 0 saturated carbocycles. The van der Waals surface area contributed by atoms with E-state index in [1.54, 1.807) is 0 Å². The Balaban J connectivity index is 2.16. The first-order valence-corrected chi connectivity index (χ1v) is 7.65. The number of alkyl halides is 1. The van der Waals surface area contributed by atoms with Crippen LogP contribution in [0, 0.1) is 0 Å². The summed E-state index contributed by atoms with van der Waals surface area (Å²) >= 11 is 2.36. The normalized spacial score (nSPS) is 12.5. The van der Waals surface area contributed by atoms with Crippen LogP contribution in [-0.2, 0) is 0 Å². The smallest absolute Gasteiger partial charge is 0.137 e. The third-order valence-electron chi connectivity index (χ3n) is 3.23. The van der Waals surface area contributed by atoms with Gasteiger partial charge in [0, 0.05) is 18.0 Å². The Morgan fingerprint density at radius 3 is 2.80 bits per heavy atom. The molecule has 4 heteroatoms. The van der Waals surface area contributed by atoms with E-state index in [-0.39, 0.29) is 0 Å². The Morgan fingerprint density at radius 2 is 2.15 bits per heavy atom. The zero-order valence-electron chi connectivity index (χ0n) is 11.1. The summed E-state index contributed by atoms with van der Waals surface area (Å²) in [4.78, 5) is 9.19. The largest absolute Gasteiger partial charge is 0.300 e. The summed E-state index contributed by atoms with van der Waals surface area (Å²) in [6, 6.07) is 10.1. The van der Waals surface area contributed by atoms with E-state index < -0.39 is 0 Å².